The summed E-state index contributed by atoms with van der Waals surface area (Å²) in [4.78, 5) is 0. The highest BCUT2D eigenvalue weighted by atomic mass is 14.3. The molecule has 0 saturated heterocycles. The fourth-order valence-electron chi connectivity index (χ4n) is 21.5. The number of aryl methyl sites for hydroxylation is 6. The van der Waals surface area contributed by atoms with E-state index < -0.39 is 0 Å². The third-order valence-electron chi connectivity index (χ3n) is 29.5. The Kier molecular flexibility index (Phi) is 19.6. The van der Waals surface area contributed by atoms with Crippen LogP contribution in [0.5, 0.6) is 0 Å². The van der Waals surface area contributed by atoms with Gasteiger partial charge in [0.05, 0.1) is 0 Å². The SMILES string of the molecule is Cc1cc2c(c(C)c1C)-c1c(ccc3ccccc13)C2.Cc1cc2c(c(C)c1C)-c1cc3ccccc3cc1C2.Cc1cc2c(c(C)c1C)-c1ccc3ccccc3c1C2.Cc1cc2c(c(C)c1C)-c1ccc3ccccc3c1C2.Cc1cc2c(c(C)c1C)Cc1cc3ccccc3cc1-2.Cc1cc2c(c(C)c1C)Cc1ccc3ccccc3c1-2. The molecule has 0 bridgehead atoms. The molecule has 18 aromatic rings. The van der Waals surface area contributed by atoms with Gasteiger partial charge in [-0.25, -0.2) is 0 Å². The number of rotatable bonds is 0. The summed E-state index contributed by atoms with van der Waals surface area (Å²) in [6.45, 7) is 40.4. The minimum Gasteiger partial charge on any atom is -0.0616 e. The van der Waals surface area contributed by atoms with E-state index in [4.69, 9.17) is 0 Å². The Morgan fingerprint density at radius 2 is 0.425 bits per heavy atom. The van der Waals surface area contributed by atoms with Crippen LogP contribution in [-0.4, -0.2) is 0 Å². The van der Waals surface area contributed by atoms with Crippen LogP contribution in [0.2, 0.25) is 0 Å². The fourth-order valence-corrected chi connectivity index (χ4v) is 21.5. The first-order valence-electron chi connectivity index (χ1n) is 43.6. The van der Waals surface area contributed by atoms with E-state index in [1.165, 1.54) is 298 Å². The summed E-state index contributed by atoms with van der Waals surface area (Å²) in [7, 11) is 0. The second kappa shape index (κ2) is 30.4. The summed E-state index contributed by atoms with van der Waals surface area (Å²) in [5.74, 6) is 0. The number of fused-ring (bicyclic) bond motifs is 28. The molecule has 0 aliphatic heterocycles. The molecule has 24 rings (SSSR count). The van der Waals surface area contributed by atoms with E-state index in [1.54, 1.807) is 0 Å². The summed E-state index contributed by atoms with van der Waals surface area (Å²) in [6, 6.07) is 94.3. The predicted molar refractivity (Wildman–Crippen MR) is 518 cm³/mol. The van der Waals surface area contributed by atoms with Crippen LogP contribution in [0.25, 0.3) is 131 Å². The molecule has 0 heteroatoms. The normalized spacial score (nSPS) is 12.6. The maximum atomic E-state index is 2.38. The Morgan fingerprint density at radius 1 is 0.142 bits per heavy atom. The highest BCUT2D eigenvalue weighted by Gasteiger charge is 2.30. The van der Waals surface area contributed by atoms with Gasteiger partial charge in [-0.1, -0.05) is 243 Å². The maximum absolute atomic E-state index is 2.38. The Bertz CT molecular complexity index is 7210. The van der Waals surface area contributed by atoms with Gasteiger partial charge in [0.25, 0.3) is 0 Å². The van der Waals surface area contributed by atoms with Crippen molar-refractivity contribution in [3.63, 3.8) is 0 Å². The molecule has 0 heterocycles. The molecule has 0 saturated carbocycles. The topological polar surface area (TPSA) is 0 Å². The van der Waals surface area contributed by atoms with Crippen LogP contribution in [0.1, 0.15) is 167 Å². The first-order valence-corrected chi connectivity index (χ1v) is 43.6. The van der Waals surface area contributed by atoms with Gasteiger partial charge in [-0.3, -0.25) is 0 Å². The molecular weight excluding hydrogens is 1440 g/mol. The van der Waals surface area contributed by atoms with Crippen molar-refractivity contribution < 1.29 is 0 Å². The van der Waals surface area contributed by atoms with Crippen LogP contribution in [0.15, 0.2) is 255 Å². The number of hydrogen-bond acceptors (Lipinski definition) is 0. The molecule has 0 atom stereocenters. The van der Waals surface area contributed by atoms with Crippen molar-refractivity contribution in [1.82, 2.24) is 0 Å². The molecule has 6 aliphatic carbocycles. The zero-order valence-corrected chi connectivity index (χ0v) is 73.5. The van der Waals surface area contributed by atoms with E-state index in [1.807, 2.05) is 0 Å². The quantitative estimate of drug-likeness (QED) is 0.142. The van der Waals surface area contributed by atoms with Crippen LogP contribution >= 0.6 is 0 Å². The predicted octanol–water partition coefficient (Wildman–Crippen LogP) is 32.0. The molecule has 0 N–H and O–H groups in total. The van der Waals surface area contributed by atoms with Crippen molar-refractivity contribution in [2.75, 3.05) is 0 Å². The van der Waals surface area contributed by atoms with Crippen molar-refractivity contribution >= 4 is 64.6 Å². The van der Waals surface area contributed by atoms with Gasteiger partial charge in [0, 0.05) is 0 Å². The first kappa shape index (κ1) is 77.4. The standard InChI is InChI=1S/6C20H18/c1-12-8-18-10-17-9-15-6-4-5-7-16(15)11-19(17)20(18)14(3)13(12)2;1-12-8-20-18(14(3)13(12)2)11-17-9-15-6-4-5-7-16(15)10-19(17)20;2*1-12-10-16-11-19-17-7-5-4-6-15(17)8-9-18(19)20(16)14(3)13(12)2;1-12-10-17-11-16-9-8-15-6-4-5-7-18(15)20(16)19(17)14(3)13(12)2;1-12-10-19-18(14(3)13(12)2)11-16-9-8-15-6-4-5-7-17(15)20(16)19/h4-9,11H,10H2,1-3H3;5*4-10H,11H2,1-3H3. The van der Waals surface area contributed by atoms with Crippen LogP contribution in [0.3, 0.4) is 0 Å². The molecule has 0 fully saturated rings. The average molecular weight is 1550 g/mol. The van der Waals surface area contributed by atoms with Crippen molar-refractivity contribution in [2.24, 2.45) is 0 Å². The Hall–Kier alpha value is -12.5. The minimum absolute atomic E-state index is 1.08. The number of benzene rings is 18. The zero-order valence-electron chi connectivity index (χ0n) is 73.5. The van der Waals surface area contributed by atoms with Gasteiger partial charge in [-0.05, 0) is 474 Å². The lowest BCUT2D eigenvalue weighted by molar-refractivity contribution is 1.17. The summed E-state index contributed by atoms with van der Waals surface area (Å²) < 4.78 is 0. The van der Waals surface area contributed by atoms with Gasteiger partial charge >= 0.3 is 0 Å². The molecule has 0 amide bonds. The summed E-state index contributed by atoms with van der Waals surface area (Å²) >= 11 is 0. The van der Waals surface area contributed by atoms with Crippen molar-refractivity contribution in [2.45, 2.75) is 163 Å². The van der Waals surface area contributed by atoms with Gasteiger partial charge in [0.2, 0.25) is 0 Å². The first-order chi connectivity index (χ1) is 58.0. The molecule has 0 spiro atoms. The maximum Gasteiger partial charge on any atom is -0.000708 e. The average Bonchev–Trinajstić information content (AvgIpc) is 1.65. The summed E-state index contributed by atoms with van der Waals surface area (Å²) in [6.07, 6.45) is 6.49. The van der Waals surface area contributed by atoms with E-state index in [0.717, 1.165) is 38.5 Å². The molecule has 6 aliphatic rings. The lowest BCUT2D eigenvalue weighted by Crippen LogP contribution is -1.93. The largest absolute Gasteiger partial charge is 0.0616 e. The lowest BCUT2D eigenvalue weighted by Gasteiger charge is -2.13. The molecular formula is C120H108. The molecule has 0 radical (unpaired) electrons. The van der Waals surface area contributed by atoms with Crippen LogP contribution in [0, 0.1) is 125 Å². The van der Waals surface area contributed by atoms with E-state index >= 15 is 0 Å². The van der Waals surface area contributed by atoms with E-state index in [0.29, 0.717) is 0 Å². The van der Waals surface area contributed by atoms with Crippen LogP contribution in [0.4, 0.5) is 0 Å². The molecule has 588 valence electrons. The van der Waals surface area contributed by atoms with Gasteiger partial charge in [-0.2, -0.15) is 0 Å². The second-order valence-electron chi connectivity index (χ2n) is 35.9. The van der Waals surface area contributed by atoms with Crippen molar-refractivity contribution in [3.8, 4) is 66.8 Å². The van der Waals surface area contributed by atoms with Gasteiger partial charge < -0.3 is 0 Å². The Labute approximate surface area is 711 Å². The van der Waals surface area contributed by atoms with Gasteiger partial charge in [0.15, 0.2) is 0 Å². The third-order valence-corrected chi connectivity index (χ3v) is 29.5. The molecule has 120 heavy (non-hydrogen) atoms. The Morgan fingerprint density at radius 3 is 0.883 bits per heavy atom. The van der Waals surface area contributed by atoms with Crippen molar-refractivity contribution in [1.29, 1.82) is 0 Å². The minimum atomic E-state index is 1.08. The van der Waals surface area contributed by atoms with Crippen LogP contribution in [-0.2, 0) is 38.5 Å². The van der Waals surface area contributed by atoms with E-state index in [9.17, 15) is 0 Å². The molecule has 0 unspecified atom stereocenters. The summed E-state index contributed by atoms with van der Waals surface area (Å²) in [5.41, 5.74) is 61.4. The lowest BCUT2D eigenvalue weighted by atomic mass is 9.91. The van der Waals surface area contributed by atoms with E-state index in [-0.39, 0.29) is 0 Å². The van der Waals surface area contributed by atoms with Crippen LogP contribution < -0.4 is 0 Å². The third kappa shape index (κ3) is 13.0. The highest BCUT2D eigenvalue weighted by Crippen LogP contribution is 2.51. The van der Waals surface area contributed by atoms with Gasteiger partial charge in [-0.15, -0.1) is 0 Å². The molecule has 18 aromatic carbocycles. The molecule has 0 aromatic heterocycles. The summed E-state index contributed by atoms with van der Waals surface area (Å²) in [5, 5.41) is 16.4. The Balaban J connectivity index is 0.0000000952. The van der Waals surface area contributed by atoms with Crippen molar-refractivity contribution in [3.05, 3.63) is 422 Å². The highest BCUT2D eigenvalue weighted by molar-refractivity contribution is 6.05. The number of hydrogen-bond donors (Lipinski definition) is 0. The van der Waals surface area contributed by atoms with E-state index in [2.05, 4.69) is 379 Å². The van der Waals surface area contributed by atoms with Gasteiger partial charge in [0.1, 0.15) is 0 Å². The fraction of sp³-hybridized carbons (Fsp3) is 0.200. The monoisotopic (exact) mass is 1550 g/mol. The second-order valence-corrected chi connectivity index (χ2v) is 35.9. The zero-order chi connectivity index (χ0) is 83.1. The molecule has 0 nitrogen and oxygen atoms in total. The smallest absolute Gasteiger partial charge is 0.000708 e.